The average molecular weight is 968 g/mol. The van der Waals surface area contributed by atoms with Gasteiger partial charge in [-0.3, -0.25) is 33.3 Å². The lowest BCUT2D eigenvalue weighted by molar-refractivity contribution is -0.139. The first-order chi connectivity index (χ1) is 34.3. The van der Waals surface area contributed by atoms with Crippen molar-refractivity contribution in [1.29, 1.82) is 0 Å². The van der Waals surface area contributed by atoms with Crippen LogP contribution in [0.5, 0.6) is 11.5 Å². The summed E-state index contributed by atoms with van der Waals surface area (Å²) in [6.07, 6.45) is 15.1. The molecule has 2 aromatic heterocycles. The first-order valence-corrected chi connectivity index (χ1v) is 24.4. The lowest BCUT2D eigenvalue weighted by atomic mass is 9.91. The van der Waals surface area contributed by atoms with Gasteiger partial charge in [0.15, 0.2) is 24.0 Å². The van der Waals surface area contributed by atoms with Crippen LogP contribution in [0.2, 0.25) is 0 Å². The second kappa shape index (κ2) is 29.2. The number of aliphatic carboxylic acids is 1. The fourth-order valence-corrected chi connectivity index (χ4v) is 7.97. The molecule has 0 amide bonds. The lowest BCUT2D eigenvalue weighted by Gasteiger charge is -2.32. The number of benzene rings is 4. The molecule has 0 spiro atoms. The van der Waals surface area contributed by atoms with Crippen LogP contribution >= 0.6 is 0 Å². The summed E-state index contributed by atoms with van der Waals surface area (Å²) >= 11 is 0. The molecule has 15 nitrogen and oxygen atoms in total. The van der Waals surface area contributed by atoms with Crippen LogP contribution in [0.1, 0.15) is 102 Å². The summed E-state index contributed by atoms with van der Waals surface area (Å²) in [6, 6.07) is 30.9. The smallest absolute Gasteiger partial charge is 0.341 e. The van der Waals surface area contributed by atoms with E-state index in [-0.39, 0.29) is 36.6 Å². The van der Waals surface area contributed by atoms with Gasteiger partial charge in [-0.1, -0.05) is 62.4 Å². The Hall–Kier alpha value is -7.07. The number of ether oxygens (including phenoxy) is 2. The van der Waals surface area contributed by atoms with Crippen LogP contribution in [0.25, 0.3) is 0 Å². The van der Waals surface area contributed by atoms with Crippen LogP contribution in [0.4, 0.5) is 4.79 Å². The number of rotatable bonds is 16. The summed E-state index contributed by atoms with van der Waals surface area (Å²) < 4.78 is 13.3. The summed E-state index contributed by atoms with van der Waals surface area (Å²) in [5.41, 5.74) is 12.8. The third-order valence-corrected chi connectivity index (χ3v) is 12.4. The highest BCUT2D eigenvalue weighted by Crippen LogP contribution is 2.24. The molecule has 2 aliphatic heterocycles. The normalized spacial score (nSPS) is 14.0. The van der Waals surface area contributed by atoms with Gasteiger partial charge in [-0.25, -0.2) is 19.6 Å². The van der Waals surface area contributed by atoms with Gasteiger partial charge >= 0.3 is 12.0 Å². The molecule has 0 saturated carbocycles. The van der Waals surface area contributed by atoms with Gasteiger partial charge in [0.2, 0.25) is 0 Å². The summed E-state index contributed by atoms with van der Waals surface area (Å²) in [4.78, 5) is 69.4. The van der Waals surface area contributed by atoms with E-state index < -0.39 is 5.97 Å². The highest BCUT2D eigenvalue weighted by Gasteiger charge is 2.22. The van der Waals surface area contributed by atoms with Gasteiger partial charge in [0, 0.05) is 74.3 Å². The molecule has 0 aliphatic carbocycles. The third kappa shape index (κ3) is 19.0. The molecule has 2 fully saturated rings. The Balaban J connectivity index is 0.000000189. The summed E-state index contributed by atoms with van der Waals surface area (Å²) in [5, 5.41) is 8.38. The Labute approximate surface area is 417 Å². The zero-order valence-electron chi connectivity index (χ0n) is 41.5. The number of ketones is 3. The number of nitrogens with two attached hydrogens (primary N) is 1. The topological polar surface area (TPSA) is 192 Å². The van der Waals surface area contributed by atoms with Gasteiger partial charge in [0.05, 0.1) is 0 Å². The maximum Gasteiger partial charge on any atom is 0.341 e. The van der Waals surface area contributed by atoms with E-state index in [0.717, 1.165) is 65.0 Å². The quantitative estimate of drug-likeness (QED) is 0.0874. The number of imidazole rings is 2. The van der Waals surface area contributed by atoms with Crippen LogP contribution in [-0.2, 0) is 22.7 Å². The number of carboxylic acids is 1. The number of carbonyl (C=O) groups excluding carboxylic acids is 4. The molecule has 0 radical (unpaired) electrons. The van der Waals surface area contributed by atoms with Gasteiger partial charge in [-0.05, 0) is 142 Å². The fraction of sp³-hybridized carbons (Fsp3) is 0.375. The maximum absolute atomic E-state index is 12.3. The number of nitrogens with zero attached hydrogens (tertiary/aromatic N) is 6. The van der Waals surface area contributed by atoms with Gasteiger partial charge in [-0.2, -0.15) is 0 Å². The van der Waals surface area contributed by atoms with E-state index in [2.05, 4.69) is 82.1 Å². The number of aromatic nitrogens is 4. The fourth-order valence-electron chi connectivity index (χ4n) is 7.97. The second-order valence-corrected chi connectivity index (χ2v) is 17.7. The van der Waals surface area contributed by atoms with Crippen LogP contribution in [0.15, 0.2) is 135 Å². The molecule has 15 heteroatoms. The van der Waals surface area contributed by atoms with Crippen molar-refractivity contribution in [3.8, 4) is 11.5 Å². The Bertz CT molecular complexity index is 2510. The first-order valence-electron chi connectivity index (χ1n) is 24.4. The highest BCUT2D eigenvalue weighted by molar-refractivity contribution is 5.96. The zero-order chi connectivity index (χ0) is 51.0. The van der Waals surface area contributed by atoms with E-state index >= 15 is 0 Å². The van der Waals surface area contributed by atoms with Crippen molar-refractivity contribution in [2.24, 2.45) is 11.7 Å². The van der Waals surface area contributed by atoms with Crippen molar-refractivity contribution in [3.63, 3.8) is 0 Å². The predicted octanol–water partition coefficient (Wildman–Crippen LogP) is 9.09. The number of carbonyl (C=O) groups is 5. The number of Topliss-reactive ketones (excluding diaryl/α,β-unsaturated/α-hetero) is 3. The standard InChI is InChI=1S/C25H31NO3.C13H20N2.C11H12O4.C7H6N4O/c1-3-25(28)21-8-10-24(11-9-21)29-18-23(27)16-20-12-14-26(15-13-20)17-22-7-5-4-6-19(22)2;1-11-4-2-3-5-12(11)10-15-8-6-13(14)7-9-15;1-2-10(12)8-3-5-9(6-4-8)15-7-11(13)14;12-7(10-3-1-8-5-10)11-4-2-9-6-11/h4-11,20H,3,12-18H2,1-2H3;2-5,13H,6-10,14H2,1H3;3-6H,2,7H2,1H3,(H,13,14);1-6H. The first kappa shape index (κ1) is 54.9. The van der Waals surface area contributed by atoms with E-state index in [1.807, 2.05) is 6.92 Å². The Morgan fingerprint density at radius 3 is 1.42 bits per heavy atom. The van der Waals surface area contributed by atoms with E-state index in [4.69, 9.17) is 20.3 Å². The van der Waals surface area contributed by atoms with Gasteiger partial charge in [0.25, 0.3) is 0 Å². The van der Waals surface area contributed by atoms with E-state index in [1.165, 1.54) is 44.0 Å². The molecular formula is C56H69N7O8. The zero-order valence-corrected chi connectivity index (χ0v) is 41.5. The van der Waals surface area contributed by atoms with Gasteiger partial charge in [0.1, 0.15) is 30.8 Å². The molecule has 2 aliphatic rings. The minimum absolute atomic E-state index is 0.0554. The van der Waals surface area contributed by atoms with E-state index in [0.29, 0.717) is 53.8 Å². The Morgan fingerprint density at radius 1 is 0.606 bits per heavy atom. The van der Waals surface area contributed by atoms with Crippen LogP contribution < -0.4 is 15.2 Å². The number of piperidine rings is 2. The summed E-state index contributed by atoms with van der Waals surface area (Å²) in [7, 11) is 0. The predicted molar refractivity (Wildman–Crippen MR) is 274 cm³/mol. The Kier molecular flexibility index (Phi) is 22.6. The number of hydrogen-bond donors (Lipinski definition) is 2. The van der Waals surface area contributed by atoms with Crippen molar-refractivity contribution < 1.29 is 38.6 Å². The molecule has 3 N–H and O–H groups in total. The minimum Gasteiger partial charge on any atom is -0.486 e. The van der Waals surface area contributed by atoms with Crippen molar-refractivity contribution >= 4 is 29.4 Å². The minimum atomic E-state index is -1.02. The van der Waals surface area contributed by atoms with Gasteiger partial charge in [-0.15, -0.1) is 0 Å². The monoisotopic (exact) mass is 968 g/mol. The Morgan fingerprint density at radius 2 is 1.03 bits per heavy atom. The molecule has 4 aromatic carbocycles. The lowest BCUT2D eigenvalue weighted by Crippen LogP contribution is -2.39. The molecule has 8 rings (SSSR count). The molecule has 376 valence electrons. The molecule has 71 heavy (non-hydrogen) atoms. The van der Waals surface area contributed by atoms with Crippen LogP contribution in [-0.4, -0.2) is 109 Å². The van der Waals surface area contributed by atoms with Crippen LogP contribution in [0, 0.1) is 19.8 Å². The molecule has 2 saturated heterocycles. The summed E-state index contributed by atoms with van der Waals surface area (Å²) in [5.74, 6) is 0.828. The largest absolute Gasteiger partial charge is 0.486 e. The number of likely N-dealkylation sites (tertiary alicyclic amines) is 2. The maximum atomic E-state index is 12.3. The average Bonchev–Trinajstić information content (AvgIpc) is 4.15. The molecule has 6 aromatic rings. The van der Waals surface area contributed by atoms with Crippen molar-refractivity contribution in [2.75, 3.05) is 39.4 Å². The number of carboxylic acid groups (broad SMARTS) is 1. The van der Waals surface area contributed by atoms with Crippen molar-refractivity contribution in [2.45, 2.75) is 91.8 Å². The summed E-state index contributed by atoms with van der Waals surface area (Å²) in [6.45, 7) is 14.2. The third-order valence-electron chi connectivity index (χ3n) is 12.4. The highest BCUT2D eigenvalue weighted by atomic mass is 16.5. The second-order valence-electron chi connectivity index (χ2n) is 17.7. The molecule has 0 atom stereocenters. The van der Waals surface area contributed by atoms with E-state index in [1.54, 1.807) is 80.2 Å². The van der Waals surface area contributed by atoms with Crippen LogP contribution in [0.3, 0.4) is 0 Å². The molecule has 0 bridgehead atoms. The number of hydrogen-bond acceptors (Lipinski definition) is 12. The molecule has 0 unspecified atom stereocenters. The molecule has 4 heterocycles. The van der Waals surface area contributed by atoms with E-state index in [9.17, 15) is 24.0 Å². The van der Waals surface area contributed by atoms with Crippen molar-refractivity contribution in [1.82, 2.24) is 28.9 Å². The van der Waals surface area contributed by atoms with Gasteiger partial charge < -0.3 is 20.3 Å². The number of aryl methyl sites for hydroxylation is 2. The van der Waals surface area contributed by atoms with Crippen molar-refractivity contribution in [3.05, 3.63) is 168 Å². The SMILES string of the molecule is CCC(=O)c1ccc(OCC(=O)CC2CCN(Cc3ccccc3C)CC2)cc1.CCC(=O)c1ccc(OCC(=O)O)cc1.Cc1ccccc1CN1CCC(N)CC1.O=C(n1ccnc1)n1ccnc1. The molecular weight excluding hydrogens is 899 g/mol.